The molecule has 3 aromatic rings. The van der Waals surface area contributed by atoms with Crippen molar-refractivity contribution in [3.63, 3.8) is 0 Å². The zero-order valence-corrected chi connectivity index (χ0v) is 14.1. The molecular formula is C19H20N4O2. The molecule has 2 atom stereocenters. The van der Waals surface area contributed by atoms with Gasteiger partial charge < -0.3 is 10.1 Å². The maximum absolute atomic E-state index is 11.1. The molecule has 25 heavy (non-hydrogen) atoms. The maximum Gasteiger partial charge on any atom is 0.335 e. The highest BCUT2D eigenvalue weighted by atomic mass is 16.4. The molecule has 0 bridgehead atoms. The van der Waals surface area contributed by atoms with Crippen molar-refractivity contribution in [2.45, 2.75) is 25.8 Å². The predicted octanol–water partition coefficient (Wildman–Crippen LogP) is 2.81. The monoisotopic (exact) mass is 336 g/mol. The number of nitrogens with zero attached hydrogens (tertiary/aromatic N) is 1. The Kier molecular flexibility index (Phi) is 3.78. The third-order valence-corrected chi connectivity index (χ3v) is 4.97. The van der Waals surface area contributed by atoms with Crippen LogP contribution >= 0.6 is 0 Å². The first kappa shape index (κ1) is 15.8. The molecule has 2 heterocycles. The third-order valence-electron chi connectivity index (χ3n) is 4.97. The van der Waals surface area contributed by atoms with Crippen LogP contribution in [0, 0.1) is 13.8 Å². The van der Waals surface area contributed by atoms with E-state index >= 15 is 0 Å². The average molecular weight is 336 g/mol. The number of benzene rings is 2. The number of fused-ring (bicyclic) bond motifs is 1. The molecule has 4 N–H and O–H groups in total. The first-order valence-electron chi connectivity index (χ1n) is 8.31. The number of hydrazine groups is 1. The number of aromatic carboxylic acids is 1. The second-order valence-corrected chi connectivity index (χ2v) is 6.61. The van der Waals surface area contributed by atoms with Crippen LogP contribution < -0.4 is 10.9 Å². The first-order valence-corrected chi connectivity index (χ1v) is 8.31. The Bertz CT molecular complexity index is 963. The number of carboxylic acids is 1. The molecule has 1 aromatic heterocycles. The van der Waals surface area contributed by atoms with Gasteiger partial charge in [0.15, 0.2) is 0 Å². The van der Waals surface area contributed by atoms with Gasteiger partial charge in [-0.05, 0) is 48.7 Å². The Morgan fingerprint density at radius 2 is 2.00 bits per heavy atom. The average Bonchev–Trinajstić information content (AvgIpc) is 3.22. The zero-order valence-electron chi connectivity index (χ0n) is 14.1. The fraction of sp³-hybridized carbons (Fsp3) is 0.263. The SMILES string of the molecule is Cc1ccc(C2NNCC2c2nc3ccc(C(=O)O)cc3[nH]2)cc1C. The van der Waals surface area contributed by atoms with Crippen molar-refractivity contribution in [1.82, 2.24) is 20.8 Å². The molecule has 6 heteroatoms. The standard InChI is InChI=1S/C19H20N4O2/c1-10-3-4-12(7-11(10)2)17-14(9-20-23-17)18-21-15-6-5-13(19(24)25)8-16(15)22-18/h3-8,14,17,20,23H,9H2,1-2H3,(H,21,22)(H,24,25). The van der Waals surface area contributed by atoms with E-state index in [9.17, 15) is 4.79 Å². The molecule has 1 fully saturated rings. The molecule has 2 unspecified atom stereocenters. The van der Waals surface area contributed by atoms with E-state index in [1.807, 2.05) is 0 Å². The minimum absolute atomic E-state index is 0.110. The Morgan fingerprint density at radius 1 is 1.16 bits per heavy atom. The van der Waals surface area contributed by atoms with E-state index in [0.717, 1.165) is 23.4 Å². The lowest BCUT2D eigenvalue weighted by molar-refractivity contribution is 0.0697. The number of aromatic amines is 1. The zero-order chi connectivity index (χ0) is 17.6. The van der Waals surface area contributed by atoms with Gasteiger partial charge in [-0.2, -0.15) is 0 Å². The number of rotatable bonds is 3. The number of H-pyrrole nitrogens is 1. The molecule has 1 aliphatic heterocycles. The summed E-state index contributed by atoms with van der Waals surface area (Å²) in [5.74, 6) is 0.0660. The number of carboxylic acid groups (broad SMARTS) is 1. The number of aromatic nitrogens is 2. The molecule has 1 saturated heterocycles. The number of carbonyl (C=O) groups is 1. The Morgan fingerprint density at radius 3 is 2.76 bits per heavy atom. The first-order chi connectivity index (χ1) is 12.0. The van der Waals surface area contributed by atoms with E-state index in [4.69, 9.17) is 5.11 Å². The summed E-state index contributed by atoms with van der Waals surface area (Å²) in [4.78, 5) is 19.1. The van der Waals surface area contributed by atoms with Crippen molar-refractivity contribution < 1.29 is 9.90 Å². The van der Waals surface area contributed by atoms with Crippen LogP contribution in [-0.2, 0) is 0 Å². The highest BCUT2D eigenvalue weighted by Gasteiger charge is 2.32. The van der Waals surface area contributed by atoms with Gasteiger partial charge in [0.25, 0.3) is 0 Å². The van der Waals surface area contributed by atoms with Crippen LogP contribution in [-0.4, -0.2) is 27.6 Å². The van der Waals surface area contributed by atoms with Crippen LogP contribution in [0.15, 0.2) is 36.4 Å². The molecule has 128 valence electrons. The van der Waals surface area contributed by atoms with Gasteiger partial charge in [-0.25, -0.2) is 15.2 Å². The molecule has 0 amide bonds. The molecule has 1 aliphatic rings. The molecule has 2 aromatic carbocycles. The van der Waals surface area contributed by atoms with Gasteiger partial charge in [0, 0.05) is 6.54 Å². The van der Waals surface area contributed by atoms with E-state index in [0.29, 0.717) is 0 Å². The van der Waals surface area contributed by atoms with Crippen molar-refractivity contribution in [2.24, 2.45) is 0 Å². The lowest BCUT2D eigenvalue weighted by Gasteiger charge is -2.18. The summed E-state index contributed by atoms with van der Waals surface area (Å²) < 4.78 is 0. The summed E-state index contributed by atoms with van der Waals surface area (Å²) >= 11 is 0. The second-order valence-electron chi connectivity index (χ2n) is 6.61. The van der Waals surface area contributed by atoms with Gasteiger partial charge in [0.1, 0.15) is 5.82 Å². The number of aryl methyl sites for hydroxylation is 2. The van der Waals surface area contributed by atoms with Crippen LogP contribution in [0.4, 0.5) is 0 Å². The van der Waals surface area contributed by atoms with Crippen LogP contribution in [0.5, 0.6) is 0 Å². The fourth-order valence-electron chi connectivity index (χ4n) is 3.36. The minimum atomic E-state index is -0.935. The quantitative estimate of drug-likeness (QED) is 0.590. The second kappa shape index (κ2) is 5.98. The van der Waals surface area contributed by atoms with Crippen molar-refractivity contribution in [2.75, 3.05) is 6.54 Å². The Labute approximate surface area is 145 Å². The topological polar surface area (TPSA) is 90.0 Å². The normalized spacial score (nSPS) is 20.2. The molecule has 0 aliphatic carbocycles. The van der Waals surface area contributed by atoms with Gasteiger partial charge >= 0.3 is 5.97 Å². The van der Waals surface area contributed by atoms with Gasteiger partial charge in [0.2, 0.25) is 0 Å². The predicted molar refractivity (Wildman–Crippen MR) is 95.6 cm³/mol. The lowest BCUT2D eigenvalue weighted by Crippen LogP contribution is -2.25. The summed E-state index contributed by atoms with van der Waals surface area (Å²) in [6.45, 7) is 4.98. The van der Waals surface area contributed by atoms with Crippen molar-refractivity contribution >= 4 is 17.0 Å². The van der Waals surface area contributed by atoms with Gasteiger partial charge in [-0.1, -0.05) is 18.2 Å². The molecule has 6 nitrogen and oxygen atoms in total. The molecular weight excluding hydrogens is 316 g/mol. The van der Waals surface area contributed by atoms with E-state index < -0.39 is 5.97 Å². The Balaban J connectivity index is 1.71. The summed E-state index contributed by atoms with van der Waals surface area (Å²) in [6.07, 6.45) is 0. The minimum Gasteiger partial charge on any atom is -0.478 e. The summed E-state index contributed by atoms with van der Waals surface area (Å²) in [7, 11) is 0. The summed E-state index contributed by atoms with van der Waals surface area (Å²) in [5, 5.41) is 9.15. The van der Waals surface area contributed by atoms with Crippen molar-refractivity contribution in [3.8, 4) is 0 Å². The number of hydrogen-bond acceptors (Lipinski definition) is 4. The molecule has 0 spiro atoms. The molecule has 4 rings (SSSR count). The van der Waals surface area contributed by atoms with Crippen LogP contribution in [0.1, 0.15) is 44.8 Å². The third kappa shape index (κ3) is 2.79. The molecule has 0 saturated carbocycles. The maximum atomic E-state index is 11.1. The van der Waals surface area contributed by atoms with Crippen molar-refractivity contribution in [3.05, 3.63) is 64.5 Å². The summed E-state index contributed by atoms with van der Waals surface area (Å²) in [6, 6.07) is 11.6. The highest BCUT2D eigenvalue weighted by Crippen LogP contribution is 2.33. The molecule has 0 radical (unpaired) electrons. The van der Waals surface area contributed by atoms with E-state index in [1.54, 1.807) is 18.2 Å². The van der Waals surface area contributed by atoms with Crippen LogP contribution in [0.3, 0.4) is 0 Å². The van der Waals surface area contributed by atoms with Crippen LogP contribution in [0.2, 0.25) is 0 Å². The van der Waals surface area contributed by atoms with E-state index in [2.05, 4.69) is 52.9 Å². The highest BCUT2D eigenvalue weighted by molar-refractivity contribution is 5.92. The van der Waals surface area contributed by atoms with Gasteiger partial charge in [0.05, 0.1) is 28.6 Å². The van der Waals surface area contributed by atoms with Gasteiger partial charge in [-0.15, -0.1) is 0 Å². The number of imidazole rings is 1. The summed E-state index contributed by atoms with van der Waals surface area (Å²) in [5.41, 5.74) is 12.1. The Hall–Kier alpha value is -2.70. The van der Waals surface area contributed by atoms with Gasteiger partial charge in [-0.3, -0.25) is 5.43 Å². The largest absolute Gasteiger partial charge is 0.478 e. The smallest absolute Gasteiger partial charge is 0.335 e. The number of hydrogen-bond donors (Lipinski definition) is 4. The lowest BCUT2D eigenvalue weighted by atomic mass is 9.92. The fourth-order valence-corrected chi connectivity index (χ4v) is 3.36. The van der Waals surface area contributed by atoms with E-state index in [-0.39, 0.29) is 17.5 Å². The number of nitrogens with one attached hydrogen (secondary N) is 3. The van der Waals surface area contributed by atoms with Crippen molar-refractivity contribution in [1.29, 1.82) is 0 Å². The van der Waals surface area contributed by atoms with Crippen LogP contribution in [0.25, 0.3) is 11.0 Å². The van der Waals surface area contributed by atoms with E-state index in [1.165, 1.54) is 16.7 Å².